The molecule has 0 aromatic carbocycles. The van der Waals surface area contributed by atoms with Gasteiger partial charge in [0, 0.05) is 25.6 Å². The van der Waals surface area contributed by atoms with E-state index in [-0.39, 0.29) is 0 Å². The molecule has 0 N–H and O–H groups in total. The molecule has 18 heavy (non-hydrogen) atoms. The Morgan fingerprint density at radius 1 is 1.44 bits per heavy atom. The summed E-state index contributed by atoms with van der Waals surface area (Å²) in [4.78, 5) is 11.3. The van der Waals surface area contributed by atoms with Crippen molar-refractivity contribution < 1.29 is 0 Å². The fourth-order valence-corrected chi connectivity index (χ4v) is 2.66. The van der Waals surface area contributed by atoms with E-state index in [0.717, 1.165) is 29.1 Å². The average molecular weight is 332 g/mol. The molecule has 0 saturated carbocycles. The average Bonchev–Trinajstić information content (AvgIpc) is 2.34. The van der Waals surface area contributed by atoms with Crippen molar-refractivity contribution in [3.05, 3.63) is 16.5 Å². The van der Waals surface area contributed by atoms with Crippen LogP contribution in [0.2, 0.25) is 0 Å². The minimum atomic E-state index is 0.494. The van der Waals surface area contributed by atoms with E-state index in [1.54, 1.807) is 0 Å². The maximum Gasteiger partial charge on any atom is 0.133 e. The third kappa shape index (κ3) is 4.76. The van der Waals surface area contributed by atoms with E-state index in [4.69, 9.17) is 0 Å². The molecule has 1 aromatic heterocycles. The molecule has 0 bridgehead atoms. The van der Waals surface area contributed by atoms with Gasteiger partial charge in [-0.2, -0.15) is 11.8 Å². The molecule has 1 aromatic rings. The van der Waals surface area contributed by atoms with E-state index >= 15 is 0 Å². The monoisotopic (exact) mass is 331 g/mol. The molecule has 0 aliphatic rings. The molecule has 102 valence electrons. The molecule has 3 nitrogen and oxygen atoms in total. The molecule has 1 unspecified atom stereocenters. The first kappa shape index (κ1) is 15.8. The highest BCUT2D eigenvalue weighted by Gasteiger charge is 2.13. The first-order valence-electron chi connectivity index (χ1n) is 6.33. The Morgan fingerprint density at radius 2 is 2.17 bits per heavy atom. The van der Waals surface area contributed by atoms with Gasteiger partial charge >= 0.3 is 0 Å². The summed E-state index contributed by atoms with van der Waals surface area (Å²) in [5.41, 5.74) is 0. The molecule has 1 rings (SSSR count). The second-order valence-electron chi connectivity index (χ2n) is 4.46. The predicted octanol–water partition coefficient (Wildman–Crippen LogP) is 3.77. The SMILES string of the molecule is CCCc1nc(Br)cc(N(C)C(C)CCSC)n1. The number of rotatable bonds is 7. The molecule has 0 fully saturated rings. The van der Waals surface area contributed by atoms with E-state index in [1.165, 1.54) is 12.2 Å². The van der Waals surface area contributed by atoms with Gasteiger partial charge in [0.25, 0.3) is 0 Å². The summed E-state index contributed by atoms with van der Waals surface area (Å²) in [6.07, 6.45) is 5.32. The summed E-state index contributed by atoms with van der Waals surface area (Å²) in [5.74, 6) is 3.11. The van der Waals surface area contributed by atoms with Gasteiger partial charge < -0.3 is 4.90 Å². The standard InChI is InChI=1S/C13H22BrN3S/c1-5-6-12-15-11(14)9-13(16-12)17(3)10(2)7-8-18-4/h9-10H,5-8H2,1-4H3. The fraction of sp³-hybridized carbons (Fsp3) is 0.692. The van der Waals surface area contributed by atoms with Crippen molar-refractivity contribution in [3.63, 3.8) is 0 Å². The number of thioether (sulfide) groups is 1. The van der Waals surface area contributed by atoms with Crippen molar-refractivity contribution in [1.29, 1.82) is 0 Å². The number of halogens is 1. The van der Waals surface area contributed by atoms with Gasteiger partial charge in [0.1, 0.15) is 16.2 Å². The smallest absolute Gasteiger partial charge is 0.133 e. The maximum absolute atomic E-state index is 4.63. The van der Waals surface area contributed by atoms with Crippen molar-refractivity contribution >= 4 is 33.5 Å². The molecule has 0 aliphatic carbocycles. The van der Waals surface area contributed by atoms with Crippen LogP contribution in [0, 0.1) is 0 Å². The number of hydrogen-bond acceptors (Lipinski definition) is 4. The van der Waals surface area contributed by atoms with Gasteiger partial charge in [-0.1, -0.05) is 6.92 Å². The summed E-state index contributed by atoms with van der Waals surface area (Å²) >= 11 is 5.36. The molecule has 0 saturated heterocycles. The quantitative estimate of drug-likeness (QED) is 0.711. The molecule has 1 heterocycles. The third-order valence-corrected chi connectivity index (χ3v) is 4.01. The molecule has 0 radical (unpaired) electrons. The lowest BCUT2D eigenvalue weighted by molar-refractivity contribution is 0.657. The third-order valence-electron chi connectivity index (χ3n) is 2.96. The van der Waals surface area contributed by atoms with Gasteiger partial charge in [0.05, 0.1) is 0 Å². The van der Waals surface area contributed by atoms with Crippen molar-refractivity contribution in [2.24, 2.45) is 0 Å². The normalized spacial score (nSPS) is 12.5. The molecule has 1 atom stereocenters. The topological polar surface area (TPSA) is 29.0 Å². The summed E-state index contributed by atoms with van der Waals surface area (Å²) in [7, 11) is 2.11. The van der Waals surface area contributed by atoms with E-state index in [2.05, 4.69) is 57.9 Å². The Bertz CT molecular complexity index is 373. The van der Waals surface area contributed by atoms with E-state index < -0.39 is 0 Å². The van der Waals surface area contributed by atoms with Crippen LogP contribution < -0.4 is 4.90 Å². The minimum Gasteiger partial charge on any atom is -0.357 e. The van der Waals surface area contributed by atoms with Crippen LogP contribution in [0.15, 0.2) is 10.7 Å². The number of aromatic nitrogens is 2. The van der Waals surface area contributed by atoms with Crippen LogP contribution >= 0.6 is 27.7 Å². The van der Waals surface area contributed by atoms with Crippen LogP contribution in [0.1, 0.15) is 32.5 Å². The zero-order valence-electron chi connectivity index (χ0n) is 11.6. The van der Waals surface area contributed by atoms with E-state index in [0.29, 0.717) is 6.04 Å². The minimum absolute atomic E-state index is 0.494. The fourth-order valence-electron chi connectivity index (χ4n) is 1.68. The van der Waals surface area contributed by atoms with Gasteiger partial charge in [-0.3, -0.25) is 0 Å². The molecular formula is C13H22BrN3S. The molecular weight excluding hydrogens is 310 g/mol. The lowest BCUT2D eigenvalue weighted by atomic mass is 10.2. The van der Waals surface area contributed by atoms with Crippen LogP contribution in [0.5, 0.6) is 0 Å². The highest BCUT2D eigenvalue weighted by atomic mass is 79.9. The lowest BCUT2D eigenvalue weighted by Crippen LogP contribution is -2.30. The number of hydrogen-bond donors (Lipinski definition) is 0. The van der Waals surface area contributed by atoms with Crippen molar-refractivity contribution in [2.45, 2.75) is 39.2 Å². The Balaban J connectivity index is 2.80. The van der Waals surface area contributed by atoms with Gasteiger partial charge in [0.2, 0.25) is 0 Å². The highest BCUT2D eigenvalue weighted by molar-refractivity contribution is 9.10. The van der Waals surface area contributed by atoms with Crippen LogP contribution in [0.25, 0.3) is 0 Å². The Labute approximate surface area is 123 Å². The number of anilines is 1. The van der Waals surface area contributed by atoms with E-state index in [1.807, 2.05) is 17.8 Å². The summed E-state index contributed by atoms with van der Waals surface area (Å²) in [6.45, 7) is 4.39. The zero-order chi connectivity index (χ0) is 13.5. The Morgan fingerprint density at radius 3 is 2.78 bits per heavy atom. The van der Waals surface area contributed by atoms with Gasteiger partial charge in [-0.05, 0) is 47.7 Å². The van der Waals surface area contributed by atoms with Crippen LogP contribution in [0.4, 0.5) is 5.82 Å². The van der Waals surface area contributed by atoms with Gasteiger partial charge in [-0.15, -0.1) is 0 Å². The summed E-state index contributed by atoms with van der Waals surface area (Å²) in [5, 5.41) is 0. The summed E-state index contributed by atoms with van der Waals surface area (Å²) in [6, 6.07) is 2.49. The maximum atomic E-state index is 4.63. The van der Waals surface area contributed by atoms with Crippen LogP contribution in [0.3, 0.4) is 0 Å². The van der Waals surface area contributed by atoms with Crippen molar-refractivity contribution in [1.82, 2.24) is 9.97 Å². The molecule has 5 heteroatoms. The summed E-state index contributed by atoms with van der Waals surface area (Å²) < 4.78 is 0.875. The second-order valence-corrected chi connectivity index (χ2v) is 6.25. The van der Waals surface area contributed by atoms with Crippen LogP contribution in [-0.2, 0) is 6.42 Å². The van der Waals surface area contributed by atoms with Crippen LogP contribution in [-0.4, -0.2) is 35.1 Å². The van der Waals surface area contributed by atoms with Gasteiger partial charge in [0.15, 0.2) is 0 Å². The first-order valence-corrected chi connectivity index (χ1v) is 8.52. The first-order chi connectivity index (χ1) is 8.58. The van der Waals surface area contributed by atoms with Crippen molar-refractivity contribution in [2.75, 3.05) is 24.0 Å². The molecule has 0 aliphatic heterocycles. The zero-order valence-corrected chi connectivity index (χ0v) is 14.0. The number of nitrogens with zero attached hydrogens (tertiary/aromatic N) is 3. The largest absolute Gasteiger partial charge is 0.357 e. The van der Waals surface area contributed by atoms with E-state index in [9.17, 15) is 0 Å². The van der Waals surface area contributed by atoms with Gasteiger partial charge in [-0.25, -0.2) is 9.97 Å². The predicted molar refractivity (Wildman–Crippen MR) is 84.6 cm³/mol. The molecule has 0 spiro atoms. The Kier molecular flexibility index (Phi) is 7.00. The van der Waals surface area contributed by atoms with Crippen molar-refractivity contribution in [3.8, 4) is 0 Å². The highest BCUT2D eigenvalue weighted by Crippen LogP contribution is 2.19. The number of aryl methyl sites for hydroxylation is 1. The Hall–Kier alpha value is -0.290. The molecule has 0 amide bonds. The lowest BCUT2D eigenvalue weighted by Gasteiger charge is -2.26. The second kappa shape index (κ2) is 8.00.